The lowest BCUT2D eigenvalue weighted by atomic mass is 10.2. The van der Waals surface area contributed by atoms with Crippen molar-refractivity contribution in [2.24, 2.45) is 5.73 Å². The van der Waals surface area contributed by atoms with Crippen molar-refractivity contribution in [1.82, 2.24) is 10.6 Å². The summed E-state index contributed by atoms with van der Waals surface area (Å²) in [6.45, 7) is 1.80. The van der Waals surface area contributed by atoms with Crippen LogP contribution in [0, 0.1) is 0 Å². The molecule has 1 aromatic rings. The molecule has 0 spiro atoms. The molecule has 5 nitrogen and oxygen atoms in total. The lowest BCUT2D eigenvalue weighted by Crippen LogP contribution is -2.35. The summed E-state index contributed by atoms with van der Waals surface area (Å²) in [5, 5.41) is 14.9. The molecule has 0 unspecified atom stereocenters. The van der Waals surface area contributed by atoms with Gasteiger partial charge in [-0.3, -0.25) is 0 Å². The second kappa shape index (κ2) is 6.34. The normalized spacial score (nSPS) is 10.1. The predicted octanol–water partition coefficient (Wildman–Crippen LogP) is 0.913. The molecule has 2 amide bonds. The number of carbonyl (C=O) groups is 1. The van der Waals surface area contributed by atoms with Crippen LogP contribution >= 0.6 is 15.9 Å². The Hall–Kier alpha value is -1.27. The van der Waals surface area contributed by atoms with E-state index in [1.807, 2.05) is 12.1 Å². The standard InChI is InChI=1S/C10H14BrN3O2/c11-8-5-7(1-2-9(8)15)6-13-3-4-14-10(12)16/h1-2,5,13,15H,3-4,6H2,(H3,12,14,16). The number of hydrogen-bond acceptors (Lipinski definition) is 3. The van der Waals surface area contributed by atoms with Gasteiger partial charge in [-0.25, -0.2) is 4.79 Å². The number of rotatable bonds is 5. The average Bonchev–Trinajstić information content (AvgIpc) is 2.22. The van der Waals surface area contributed by atoms with Gasteiger partial charge in [0.05, 0.1) is 4.47 Å². The van der Waals surface area contributed by atoms with Crippen LogP contribution in [0.5, 0.6) is 5.75 Å². The van der Waals surface area contributed by atoms with Gasteiger partial charge in [-0.05, 0) is 33.6 Å². The topological polar surface area (TPSA) is 87.4 Å². The molecule has 0 radical (unpaired) electrons. The number of phenolic OH excluding ortho intramolecular Hbond substituents is 1. The first-order valence-electron chi connectivity index (χ1n) is 4.81. The molecule has 0 aliphatic carbocycles. The van der Waals surface area contributed by atoms with Crippen LogP contribution in [0.25, 0.3) is 0 Å². The lowest BCUT2D eigenvalue weighted by molar-refractivity contribution is 0.249. The van der Waals surface area contributed by atoms with Gasteiger partial charge in [0.25, 0.3) is 0 Å². The summed E-state index contributed by atoms with van der Waals surface area (Å²) >= 11 is 3.24. The van der Waals surface area contributed by atoms with E-state index in [9.17, 15) is 9.90 Å². The van der Waals surface area contributed by atoms with Crippen LogP contribution in [0.4, 0.5) is 4.79 Å². The van der Waals surface area contributed by atoms with Crippen molar-refractivity contribution in [2.45, 2.75) is 6.54 Å². The number of halogens is 1. The zero-order chi connectivity index (χ0) is 12.0. The number of amides is 2. The minimum absolute atomic E-state index is 0.221. The van der Waals surface area contributed by atoms with Crippen LogP contribution in [0.1, 0.15) is 5.56 Å². The van der Waals surface area contributed by atoms with Gasteiger partial charge in [0.1, 0.15) is 5.75 Å². The number of nitrogens with two attached hydrogens (primary N) is 1. The third kappa shape index (κ3) is 4.50. The maximum absolute atomic E-state index is 10.4. The molecule has 0 atom stereocenters. The summed E-state index contributed by atoms with van der Waals surface area (Å²) < 4.78 is 0.669. The van der Waals surface area contributed by atoms with Crippen LogP contribution in [0.3, 0.4) is 0 Å². The molecule has 16 heavy (non-hydrogen) atoms. The molecule has 0 aliphatic heterocycles. The largest absolute Gasteiger partial charge is 0.507 e. The first-order valence-corrected chi connectivity index (χ1v) is 5.60. The number of nitrogens with one attached hydrogen (secondary N) is 2. The first-order chi connectivity index (χ1) is 7.59. The number of benzene rings is 1. The van der Waals surface area contributed by atoms with Gasteiger partial charge in [-0.15, -0.1) is 0 Å². The fraction of sp³-hybridized carbons (Fsp3) is 0.300. The van der Waals surface area contributed by atoms with E-state index in [-0.39, 0.29) is 5.75 Å². The molecule has 88 valence electrons. The van der Waals surface area contributed by atoms with E-state index in [1.165, 1.54) is 0 Å². The Bertz CT molecular complexity index is 371. The summed E-state index contributed by atoms with van der Waals surface area (Å²) in [7, 11) is 0. The van der Waals surface area contributed by atoms with E-state index < -0.39 is 6.03 Å². The summed E-state index contributed by atoms with van der Waals surface area (Å²) in [6.07, 6.45) is 0. The Morgan fingerprint density at radius 3 is 2.81 bits per heavy atom. The smallest absolute Gasteiger partial charge is 0.312 e. The number of urea groups is 1. The number of aromatic hydroxyl groups is 1. The molecule has 6 heteroatoms. The van der Waals surface area contributed by atoms with Crippen molar-refractivity contribution < 1.29 is 9.90 Å². The zero-order valence-corrected chi connectivity index (χ0v) is 10.3. The average molecular weight is 288 g/mol. The number of carbonyl (C=O) groups excluding carboxylic acids is 1. The Morgan fingerprint density at radius 1 is 1.44 bits per heavy atom. The minimum Gasteiger partial charge on any atom is -0.507 e. The van der Waals surface area contributed by atoms with Gasteiger partial charge in [0.15, 0.2) is 0 Å². The van der Waals surface area contributed by atoms with Crippen molar-refractivity contribution in [2.75, 3.05) is 13.1 Å². The summed E-state index contributed by atoms with van der Waals surface area (Å²) in [5.41, 5.74) is 5.96. The molecule has 5 N–H and O–H groups in total. The van der Waals surface area contributed by atoms with Crippen molar-refractivity contribution in [3.8, 4) is 5.75 Å². The maximum Gasteiger partial charge on any atom is 0.312 e. The van der Waals surface area contributed by atoms with Crippen LogP contribution in [0.2, 0.25) is 0 Å². The molecule has 1 rings (SSSR count). The van der Waals surface area contributed by atoms with Gasteiger partial charge in [0.2, 0.25) is 0 Å². The number of hydrogen-bond donors (Lipinski definition) is 4. The SMILES string of the molecule is NC(=O)NCCNCc1ccc(O)c(Br)c1. The summed E-state index contributed by atoms with van der Waals surface area (Å²) in [5.74, 6) is 0.221. The molecule has 0 heterocycles. The van der Waals surface area contributed by atoms with E-state index in [1.54, 1.807) is 6.07 Å². The highest BCUT2D eigenvalue weighted by atomic mass is 79.9. The van der Waals surface area contributed by atoms with Gasteiger partial charge in [-0.1, -0.05) is 6.07 Å². The molecule has 0 saturated carbocycles. The quantitative estimate of drug-likeness (QED) is 0.607. The van der Waals surface area contributed by atoms with E-state index in [4.69, 9.17) is 5.73 Å². The summed E-state index contributed by atoms with van der Waals surface area (Å²) in [6, 6.07) is 4.77. The zero-order valence-electron chi connectivity index (χ0n) is 8.66. The minimum atomic E-state index is -0.519. The number of phenols is 1. The van der Waals surface area contributed by atoms with Crippen molar-refractivity contribution in [3.05, 3.63) is 28.2 Å². The monoisotopic (exact) mass is 287 g/mol. The predicted molar refractivity (Wildman–Crippen MR) is 65.1 cm³/mol. The fourth-order valence-corrected chi connectivity index (χ4v) is 1.59. The molecular weight excluding hydrogens is 274 g/mol. The van der Waals surface area contributed by atoms with Gasteiger partial charge in [0, 0.05) is 19.6 Å². The van der Waals surface area contributed by atoms with Gasteiger partial charge < -0.3 is 21.5 Å². The highest BCUT2D eigenvalue weighted by Crippen LogP contribution is 2.23. The molecule has 0 fully saturated rings. The number of primary amides is 1. The highest BCUT2D eigenvalue weighted by Gasteiger charge is 1.99. The van der Waals surface area contributed by atoms with E-state index >= 15 is 0 Å². The first kappa shape index (κ1) is 12.8. The van der Waals surface area contributed by atoms with Gasteiger partial charge in [-0.2, -0.15) is 0 Å². The molecule has 0 bridgehead atoms. The molecule has 1 aromatic carbocycles. The second-order valence-corrected chi connectivity index (χ2v) is 4.11. The lowest BCUT2D eigenvalue weighted by Gasteiger charge is -2.06. The highest BCUT2D eigenvalue weighted by molar-refractivity contribution is 9.10. The van der Waals surface area contributed by atoms with Crippen LogP contribution in [-0.4, -0.2) is 24.2 Å². The van der Waals surface area contributed by atoms with Crippen LogP contribution in [-0.2, 0) is 6.54 Å². The fourth-order valence-electron chi connectivity index (χ4n) is 1.17. The molecule has 0 aliphatic rings. The molecule has 0 saturated heterocycles. The van der Waals surface area contributed by atoms with Crippen molar-refractivity contribution >= 4 is 22.0 Å². The van der Waals surface area contributed by atoms with E-state index in [0.717, 1.165) is 5.56 Å². The molecule has 0 aromatic heterocycles. The summed E-state index contributed by atoms with van der Waals surface area (Å²) in [4.78, 5) is 10.4. The van der Waals surface area contributed by atoms with Crippen LogP contribution in [0.15, 0.2) is 22.7 Å². The molecular formula is C10H14BrN3O2. The Labute approximate surface area is 102 Å². The van der Waals surface area contributed by atoms with Gasteiger partial charge >= 0.3 is 6.03 Å². The third-order valence-electron chi connectivity index (χ3n) is 1.94. The maximum atomic E-state index is 10.4. The van der Waals surface area contributed by atoms with Crippen molar-refractivity contribution in [1.29, 1.82) is 0 Å². The Morgan fingerprint density at radius 2 is 2.19 bits per heavy atom. The Kier molecular flexibility index (Phi) is 5.07. The second-order valence-electron chi connectivity index (χ2n) is 3.25. The van der Waals surface area contributed by atoms with Crippen molar-refractivity contribution in [3.63, 3.8) is 0 Å². The van der Waals surface area contributed by atoms with Crippen LogP contribution < -0.4 is 16.4 Å². The van der Waals surface area contributed by atoms with E-state index in [2.05, 4.69) is 26.6 Å². The Balaban J connectivity index is 2.27. The third-order valence-corrected chi connectivity index (χ3v) is 2.58. The van der Waals surface area contributed by atoms with E-state index in [0.29, 0.717) is 24.1 Å².